The van der Waals surface area contributed by atoms with Crippen LogP contribution in [0.25, 0.3) is 33.9 Å². The molecule has 1 aromatic carbocycles. The first-order valence-corrected chi connectivity index (χ1v) is 9.69. The Balaban J connectivity index is 1.53. The van der Waals surface area contributed by atoms with E-state index in [4.69, 9.17) is 4.98 Å². The lowest BCUT2D eigenvalue weighted by Gasteiger charge is -2.21. The normalized spacial score (nSPS) is 15.3. The topological polar surface area (TPSA) is 105 Å². The predicted octanol–water partition coefficient (Wildman–Crippen LogP) is 3.15. The summed E-state index contributed by atoms with van der Waals surface area (Å²) in [5.74, 6) is 1.23. The lowest BCUT2D eigenvalue weighted by atomic mass is 9.89. The average Bonchev–Trinajstić information content (AvgIpc) is 3.37. The molecule has 8 nitrogen and oxygen atoms in total. The summed E-state index contributed by atoms with van der Waals surface area (Å²) in [5.41, 5.74) is 3.60. The molecule has 28 heavy (non-hydrogen) atoms. The van der Waals surface area contributed by atoms with Crippen molar-refractivity contribution < 1.29 is 0 Å². The fraction of sp³-hybridized carbons (Fsp3) is 0.350. The van der Waals surface area contributed by atoms with Gasteiger partial charge in [-0.3, -0.25) is 14.6 Å². The van der Waals surface area contributed by atoms with Crippen molar-refractivity contribution in [2.75, 3.05) is 0 Å². The fourth-order valence-corrected chi connectivity index (χ4v) is 4.03. The highest BCUT2D eigenvalue weighted by molar-refractivity contribution is 5.73. The standard InChI is InChI=1S/C20H21N7O/c28-20-25-18-19(27(20)11-13-5-2-1-3-6-13)24-16(10-21-18)14-7-4-8-15(9-14)17-22-12-23-26-17/h4,7-10,12-13H,1-3,5-6,11H2,(H,21,25,28)(H,22,23,26). The Morgan fingerprint density at radius 2 is 1.96 bits per heavy atom. The molecule has 3 heterocycles. The zero-order chi connectivity index (χ0) is 18.9. The maximum Gasteiger partial charge on any atom is 0.328 e. The van der Waals surface area contributed by atoms with Gasteiger partial charge in [0.2, 0.25) is 0 Å². The van der Waals surface area contributed by atoms with E-state index < -0.39 is 0 Å². The van der Waals surface area contributed by atoms with Crippen LogP contribution in [0.15, 0.2) is 41.6 Å². The van der Waals surface area contributed by atoms with Gasteiger partial charge in [0.25, 0.3) is 0 Å². The van der Waals surface area contributed by atoms with Gasteiger partial charge in [-0.25, -0.2) is 19.7 Å². The Bertz CT molecular complexity index is 1150. The quantitative estimate of drug-likeness (QED) is 0.570. The van der Waals surface area contributed by atoms with Gasteiger partial charge in [-0.1, -0.05) is 37.5 Å². The highest BCUT2D eigenvalue weighted by Crippen LogP contribution is 2.26. The minimum Gasteiger partial charge on any atom is -0.289 e. The number of fused-ring (bicyclic) bond motifs is 1. The zero-order valence-electron chi connectivity index (χ0n) is 15.4. The zero-order valence-corrected chi connectivity index (χ0v) is 15.4. The van der Waals surface area contributed by atoms with Crippen LogP contribution in [0.4, 0.5) is 0 Å². The second kappa shape index (κ2) is 7.03. The molecule has 0 saturated heterocycles. The Hall–Kier alpha value is -3.29. The van der Waals surface area contributed by atoms with Crippen LogP contribution < -0.4 is 5.69 Å². The molecule has 0 radical (unpaired) electrons. The average molecular weight is 375 g/mol. The number of H-pyrrole nitrogens is 2. The number of hydrogen-bond donors (Lipinski definition) is 2. The molecule has 1 aliphatic rings. The van der Waals surface area contributed by atoms with Crippen molar-refractivity contribution in [2.45, 2.75) is 38.6 Å². The van der Waals surface area contributed by atoms with Gasteiger partial charge in [-0.15, -0.1) is 0 Å². The lowest BCUT2D eigenvalue weighted by molar-refractivity contribution is 0.319. The van der Waals surface area contributed by atoms with Crippen LogP contribution >= 0.6 is 0 Å². The number of rotatable bonds is 4. The first-order chi connectivity index (χ1) is 13.8. The fourth-order valence-electron chi connectivity index (χ4n) is 4.03. The van der Waals surface area contributed by atoms with Gasteiger partial charge in [0.05, 0.1) is 11.9 Å². The molecule has 0 bridgehead atoms. The van der Waals surface area contributed by atoms with E-state index in [1.807, 2.05) is 24.3 Å². The summed E-state index contributed by atoms with van der Waals surface area (Å²) >= 11 is 0. The van der Waals surface area contributed by atoms with Crippen LogP contribution in [-0.2, 0) is 6.54 Å². The molecule has 0 unspecified atom stereocenters. The maximum atomic E-state index is 12.5. The molecule has 8 heteroatoms. The smallest absolute Gasteiger partial charge is 0.289 e. The Morgan fingerprint density at radius 1 is 1.11 bits per heavy atom. The summed E-state index contributed by atoms with van der Waals surface area (Å²) < 4.78 is 1.75. The van der Waals surface area contributed by atoms with Gasteiger partial charge < -0.3 is 0 Å². The molecule has 1 fully saturated rings. The molecule has 4 aromatic rings. The van der Waals surface area contributed by atoms with Crippen LogP contribution in [0, 0.1) is 5.92 Å². The van der Waals surface area contributed by atoms with E-state index in [1.165, 1.54) is 38.4 Å². The van der Waals surface area contributed by atoms with Crippen LogP contribution in [0.5, 0.6) is 0 Å². The summed E-state index contributed by atoms with van der Waals surface area (Å²) in [4.78, 5) is 28.7. The summed E-state index contributed by atoms with van der Waals surface area (Å²) in [7, 11) is 0. The van der Waals surface area contributed by atoms with Gasteiger partial charge in [0, 0.05) is 17.7 Å². The van der Waals surface area contributed by atoms with E-state index in [0.29, 0.717) is 29.6 Å². The van der Waals surface area contributed by atoms with Crippen molar-refractivity contribution in [3.8, 4) is 22.6 Å². The number of imidazole rings is 1. The third kappa shape index (κ3) is 3.11. The monoisotopic (exact) mass is 375 g/mol. The predicted molar refractivity (Wildman–Crippen MR) is 106 cm³/mol. The first-order valence-electron chi connectivity index (χ1n) is 9.69. The number of nitrogens with one attached hydrogen (secondary N) is 2. The van der Waals surface area contributed by atoms with Crippen LogP contribution in [0.1, 0.15) is 32.1 Å². The Kier molecular flexibility index (Phi) is 4.23. The molecule has 0 atom stereocenters. The minimum absolute atomic E-state index is 0.131. The molecule has 2 N–H and O–H groups in total. The number of hydrogen-bond acceptors (Lipinski definition) is 5. The molecule has 3 aromatic heterocycles. The van der Waals surface area contributed by atoms with Crippen LogP contribution in [-0.4, -0.2) is 34.7 Å². The van der Waals surface area contributed by atoms with E-state index in [0.717, 1.165) is 16.8 Å². The van der Waals surface area contributed by atoms with Gasteiger partial charge >= 0.3 is 5.69 Å². The molecular formula is C20H21N7O. The van der Waals surface area contributed by atoms with Gasteiger partial charge in [-0.05, 0) is 24.8 Å². The highest BCUT2D eigenvalue weighted by Gasteiger charge is 2.18. The molecule has 1 saturated carbocycles. The van der Waals surface area contributed by atoms with E-state index in [2.05, 4.69) is 25.1 Å². The number of benzene rings is 1. The molecule has 0 aliphatic heterocycles. The van der Waals surface area contributed by atoms with E-state index in [-0.39, 0.29) is 5.69 Å². The highest BCUT2D eigenvalue weighted by atomic mass is 16.1. The molecule has 0 amide bonds. The number of aromatic nitrogens is 7. The molecular weight excluding hydrogens is 354 g/mol. The van der Waals surface area contributed by atoms with Crippen LogP contribution in [0.2, 0.25) is 0 Å². The van der Waals surface area contributed by atoms with Crippen molar-refractivity contribution in [1.82, 2.24) is 34.7 Å². The van der Waals surface area contributed by atoms with Crippen molar-refractivity contribution >= 4 is 11.3 Å². The molecule has 0 spiro atoms. The molecule has 5 rings (SSSR count). The van der Waals surface area contributed by atoms with Crippen molar-refractivity contribution in [3.63, 3.8) is 0 Å². The van der Waals surface area contributed by atoms with Crippen molar-refractivity contribution in [1.29, 1.82) is 0 Å². The summed E-state index contributed by atoms with van der Waals surface area (Å²) in [5, 5.41) is 6.78. The largest absolute Gasteiger partial charge is 0.328 e. The second-order valence-corrected chi connectivity index (χ2v) is 7.39. The van der Waals surface area contributed by atoms with Gasteiger partial charge in [0.1, 0.15) is 6.33 Å². The van der Waals surface area contributed by atoms with Gasteiger partial charge in [0.15, 0.2) is 17.1 Å². The molecule has 1 aliphatic carbocycles. The second-order valence-electron chi connectivity index (χ2n) is 7.39. The summed E-state index contributed by atoms with van der Waals surface area (Å²) in [6.45, 7) is 0.703. The van der Waals surface area contributed by atoms with E-state index in [1.54, 1.807) is 10.8 Å². The van der Waals surface area contributed by atoms with Crippen molar-refractivity contribution in [3.05, 3.63) is 47.3 Å². The Morgan fingerprint density at radius 3 is 2.79 bits per heavy atom. The maximum absolute atomic E-state index is 12.5. The van der Waals surface area contributed by atoms with E-state index in [9.17, 15) is 4.79 Å². The van der Waals surface area contributed by atoms with Crippen molar-refractivity contribution in [2.24, 2.45) is 5.92 Å². The van der Waals surface area contributed by atoms with Crippen LogP contribution in [0.3, 0.4) is 0 Å². The minimum atomic E-state index is -0.131. The third-order valence-corrected chi connectivity index (χ3v) is 5.49. The van der Waals surface area contributed by atoms with E-state index >= 15 is 0 Å². The first kappa shape index (κ1) is 16.9. The number of aromatic amines is 2. The lowest BCUT2D eigenvalue weighted by Crippen LogP contribution is -2.23. The molecule has 142 valence electrons. The van der Waals surface area contributed by atoms with Gasteiger partial charge in [-0.2, -0.15) is 5.10 Å². The number of nitrogens with zero attached hydrogens (tertiary/aromatic N) is 5. The summed E-state index contributed by atoms with van der Waals surface area (Å²) in [6.07, 6.45) is 9.31. The third-order valence-electron chi connectivity index (χ3n) is 5.49. The Labute approximate surface area is 161 Å². The summed E-state index contributed by atoms with van der Waals surface area (Å²) in [6, 6.07) is 7.88. The SMILES string of the molecule is O=c1[nH]c2ncc(-c3cccc(-c4ncn[nH]4)c3)nc2n1CC1CCCCC1.